The van der Waals surface area contributed by atoms with Crippen LogP contribution in [0.5, 0.6) is 17.2 Å². The van der Waals surface area contributed by atoms with Gasteiger partial charge in [-0.1, -0.05) is 12.1 Å². The summed E-state index contributed by atoms with van der Waals surface area (Å²) in [5, 5.41) is 3.13. The van der Waals surface area contributed by atoms with Crippen molar-refractivity contribution < 1.29 is 23.8 Å². The van der Waals surface area contributed by atoms with E-state index >= 15 is 0 Å². The number of hydrogen-bond acceptors (Lipinski definition) is 6. The third-order valence-corrected chi connectivity index (χ3v) is 4.29. The van der Waals surface area contributed by atoms with Crippen LogP contribution in [-0.4, -0.2) is 38.7 Å². The van der Waals surface area contributed by atoms with E-state index < -0.39 is 6.04 Å². The molecule has 0 aromatic heterocycles. The minimum absolute atomic E-state index is 0.0501. The van der Waals surface area contributed by atoms with E-state index in [1.165, 1.54) is 14.2 Å². The Hall–Kier alpha value is -3.22. The van der Waals surface area contributed by atoms with Crippen molar-refractivity contribution in [2.45, 2.75) is 19.4 Å². The summed E-state index contributed by atoms with van der Waals surface area (Å²) in [6, 6.07) is 11.6. The molecule has 0 saturated carbocycles. The highest BCUT2D eigenvalue weighted by molar-refractivity contribution is 6.23. The summed E-state index contributed by atoms with van der Waals surface area (Å²) < 4.78 is 16.1. The number of carbonyl (C=O) groups is 2. The Balaban J connectivity index is 1.86. The van der Waals surface area contributed by atoms with E-state index in [0.29, 0.717) is 35.2 Å². The molecule has 7 nitrogen and oxygen atoms in total. The highest BCUT2D eigenvalue weighted by Gasteiger charge is 2.41. The monoisotopic (exact) mass is 370 g/mol. The van der Waals surface area contributed by atoms with Crippen LogP contribution < -0.4 is 24.4 Å². The van der Waals surface area contributed by atoms with Crippen LogP contribution in [0.1, 0.15) is 13.3 Å². The maximum Gasteiger partial charge on any atom is 0.256 e. The van der Waals surface area contributed by atoms with Crippen molar-refractivity contribution in [3.05, 3.63) is 42.5 Å². The second kappa shape index (κ2) is 7.99. The molecule has 1 atom stereocenters. The standard InChI is InChI=1S/C20H22N2O5/c1-4-27-17-8-6-5-7-14(17)21-15-12-19(23)22(20(15)24)16-10-9-13(25-2)11-18(16)26-3/h5-11,15,21H,4,12H2,1-3H3/t15-/m0/s1. The molecule has 1 N–H and O–H groups in total. The van der Waals surface area contributed by atoms with Crippen LogP contribution in [-0.2, 0) is 9.59 Å². The number of amides is 2. The molecule has 2 amide bonds. The highest BCUT2D eigenvalue weighted by Crippen LogP contribution is 2.36. The second-order valence-electron chi connectivity index (χ2n) is 5.94. The van der Waals surface area contributed by atoms with Crippen LogP contribution in [0.3, 0.4) is 0 Å². The first-order valence-corrected chi connectivity index (χ1v) is 8.66. The molecule has 1 saturated heterocycles. The molecule has 1 fully saturated rings. The van der Waals surface area contributed by atoms with Crippen molar-refractivity contribution in [1.82, 2.24) is 0 Å². The Morgan fingerprint density at radius 2 is 1.85 bits per heavy atom. The van der Waals surface area contributed by atoms with Gasteiger partial charge in [-0.05, 0) is 31.2 Å². The van der Waals surface area contributed by atoms with Gasteiger partial charge in [-0.2, -0.15) is 0 Å². The van der Waals surface area contributed by atoms with Crippen molar-refractivity contribution in [3.8, 4) is 17.2 Å². The van der Waals surface area contributed by atoms with E-state index in [1.54, 1.807) is 18.2 Å². The van der Waals surface area contributed by atoms with Crippen LogP contribution in [0.4, 0.5) is 11.4 Å². The van der Waals surface area contributed by atoms with E-state index in [-0.39, 0.29) is 18.2 Å². The highest BCUT2D eigenvalue weighted by atomic mass is 16.5. The quantitative estimate of drug-likeness (QED) is 0.755. The Morgan fingerprint density at radius 3 is 2.56 bits per heavy atom. The van der Waals surface area contributed by atoms with E-state index in [0.717, 1.165) is 4.90 Å². The van der Waals surface area contributed by atoms with Gasteiger partial charge in [0.1, 0.15) is 23.3 Å². The van der Waals surface area contributed by atoms with E-state index in [2.05, 4.69) is 5.32 Å². The van der Waals surface area contributed by atoms with Gasteiger partial charge in [0.25, 0.3) is 5.91 Å². The molecule has 1 aliphatic heterocycles. The van der Waals surface area contributed by atoms with Gasteiger partial charge in [0.05, 0.1) is 38.6 Å². The molecular weight excluding hydrogens is 348 g/mol. The van der Waals surface area contributed by atoms with Crippen LogP contribution in [0, 0.1) is 0 Å². The zero-order chi connectivity index (χ0) is 19.4. The van der Waals surface area contributed by atoms with Crippen molar-refractivity contribution in [2.24, 2.45) is 0 Å². The third-order valence-electron chi connectivity index (χ3n) is 4.29. The van der Waals surface area contributed by atoms with Gasteiger partial charge in [0, 0.05) is 6.07 Å². The summed E-state index contributed by atoms with van der Waals surface area (Å²) in [4.78, 5) is 26.6. The normalized spacial score (nSPS) is 16.4. The summed E-state index contributed by atoms with van der Waals surface area (Å²) in [7, 11) is 3.02. The van der Waals surface area contributed by atoms with Crippen LogP contribution in [0.25, 0.3) is 0 Å². The first-order chi connectivity index (χ1) is 13.1. The summed E-state index contributed by atoms with van der Waals surface area (Å²) in [6.07, 6.45) is 0.0501. The number of para-hydroxylation sites is 2. The fourth-order valence-electron chi connectivity index (χ4n) is 3.02. The SMILES string of the molecule is CCOc1ccccc1N[C@H]1CC(=O)N(c2ccc(OC)cc2OC)C1=O. The predicted octanol–water partition coefficient (Wildman–Crippen LogP) is 2.85. The first kappa shape index (κ1) is 18.6. The largest absolute Gasteiger partial charge is 0.497 e. The molecule has 7 heteroatoms. The number of methoxy groups -OCH3 is 2. The molecule has 1 aliphatic rings. The molecule has 27 heavy (non-hydrogen) atoms. The number of imide groups is 1. The molecule has 3 rings (SSSR count). The lowest BCUT2D eigenvalue weighted by Crippen LogP contribution is -2.35. The minimum Gasteiger partial charge on any atom is -0.497 e. The molecule has 0 bridgehead atoms. The molecule has 0 aliphatic carbocycles. The fourth-order valence-corrected chi connectivity index (χ4v) is 3.02. The van der Waals surface area contributed by atoms with Gasteiger partial charge in [-0.15, -0.1) is 0 Å². The average molecular weight is 370 g/mol. The van der Waals surface area contributed by atoms with Crippen LogP contribution >= 0.6 is 0 Å². The van der Waals surface area contributed by atoms with Crippen molar-refractivity contribution in [3.63, 3.8) is 0 Å². The number of anilines is 2. The zero-order valence-electron chi connectivity index (χ0n) is 15.5. The van der Waals surface area contributed by atoms with Crippen molar-refractivity contribution in [1.29, 1.82) is 0 Å². The number of benzene rings is 2. The number of carbonyl (C=O) groups excluding carboxylic acids is 2. The molecule has 1 heterocycles. The Bertz CT molecular complexity index is 852. The third kappa shape index (κ3) is 3.67. The number of hydrogen-bond donors (Lipinski definition) is 1. The van der Waals surface area contributed by atoms with Gasteiger partial charge >= 0.3 is 0 Å². The fraction of sp³-hybridized carbons (Fsp3) is 0.300. The zero-order valence-corrected chi connectivity index (χ0v) is 15.5. The Morgan fingerprint density at radius 1 is 1.07 bits per heavy atom. The average Bonchev–Trinajstić information content (AvgIpc) is 2.96. The van der Waals surface area contributed by atoms with Gasteiger partial charge in [0.2, 0.25) is 5.91 Å². The number of nitrogens with one attached hydrogen (secondary N) is 1. The van der Waals surface area contributed by atoms with Gasteiger partial charge in [0.15, 0.2) is 0 Å². The Labute approximate surface area is 157 Å². The number of ether oxygens (including phenoxy) is 3. The van der Waals surface area contributed by atoms with Crippen molar-refractivity contribution >= 4 is 23.2 Å². The van der Waals surface area contributed by atoms with Gasteiger partial charge in [-0.25, -0.2) is 4.90 Å². The molecule has 2 aromatic carbocycles. The molecule has 0 spiro atoms. The first-order valence-electron chi connectivity index (χ1n) is 8.66. The van der Waals surface area contributed by atoms with Gasteiger partial charge in [-0.3, -0.25) is 9.59 Å². The smallest absolute Gasteiger partial charge is 0.256 e. The van der Waals surface area contributed by atoms with Crippen molar-refractivity contribution in [2.75, 3.05) is 31.0 Å². The molecule has 142 valence electrons. The van der Waals surface area contributed by atoms with E-state index in [1.807, 2.05) is 31.2 Å². The molecule has 2 aromatic rings. The van der Waals surface area contributed by atoms with Gasteiger partial charge < -0.3 is 19.5 Å². The summed E-state index contributed by atoms with van der Waals surface area (Å²) >= 11 is 0. The minimum atomic E-state index is -0.675. The summed E-state index contributed by atoms with van der Waals surface area (Å²) in [5.74, 6) is 0.979. The Kier molecular flexibility index (Phi) is 5.49. The van der Waals surface area contributed by atoms with E-state index in [9.17, 15) is 9.59 Å². The summed E-state index contributed by atoms with van der Waals surface area (Å²) in [5.41, 5.74) is 1.07. The van der Waals surface area contributed by atoms with Crippen LogP contribution in [0.15, 0.2) is 42.5 Å². The topological polar surface area (TPSA) is 77.1 Å². The lowest BCUT2D eigenvalue weighted by molar-refractivity contribution is -0.121. The second-order valence-corrected chi connectivity index (χ2v) is 5.94. The summed E-state index contributed by atoms with van der Waals surface area (Å²) in [6.45, 7) is 2.39. The molecule has 0 unspecified atom stereocenters. The lowest BCUT2D eigenvalue weighted by atomic mass is 10.2. The van der Waals surface area contributed by atoms with Crippen LogP contribution in [0.2, 0.25) is 0 Å². The molecule has 0 radical (unpaired) electrons. The lowest BCUT2D eigenvalue weighted by Gasteiger charge is -2.19. The predicted molar refractivity (Wildman–Crippen MR) is 102 cm³/mol. The maximum atomic E-state index is 12.9. The number of rotatable bonds is 7. The van der Waals surface area contributed by atoms with E-state index in [4.69, 9.17) is 14.2 Å². The molecular formula is C20H22N2O5. The maximum absolute atomic E-state index is 12.9. The number of nitrogens with zero attached hydrogens (tertiary/aromatic N) is 1.